The van der Waals surface area contributed by atoms with Crippen LogP contribution in [0.4, 0.5) is 0 Å². The van der Waals surface area contributed by atoms with Gasteiger partial charge in [0.25, 0.3) is 0 Å². The Labute approximate surface area is 109 Å². The summed E-state index contributed by atoms with van der Waals surface area (Å²) in [7, 11) is 2.21. The lowest BCUT2D eigenvalue weighted by Gasteiger charge is -2.29. The number of likely N-dealkylation sites (tertiary alicyclic amines) is 1. The zero-order valence-electron chi connectivity index (χ0n) is 11.3. The normalized spacial score (nSPS) is 27.5. The van der Waals surface area contributed by atoms with E-state index in [0.29, 0.717) is 12.1 Å². The summed E-state index contributed by atoms with van der Waals surface area (Å²) in [6, 6.07) is 1.20. The largest absolute Gasteiger partial charge is 0.362 e. The number of hydrogen-bond acceptors (Lipinski definition) is 4. The van der Waals surface area contributed by atoms with Crippen molar-refractivity contribution in [3.8, 4) is 0 Å². The Morgan fingerprint density at radius 3 is 2.76 bits per heavy atom. The Kier molecular flexibility index (Phi) is 4.74. The van der Waals surface area contributed by atoms with E-state index in [4.69, 9.17) is 4.99 Å². The minimum absolute atomic E-state index is 0.550. The molecule has 2 aliphatic rings. The number of nitrogens with one attached hydrogen (secondary N) is 1. The zero-order valence-corrected chi connectivity index (χ0v) is 12.1. The summed E-state index contributed by atoms with van der Waals surface area (Å²) in [6.07, 6.45) is 3.74. The van der Waals surface area contributed by atoms with Crippen LogP contribution in [-0.2, 0) is 0 Å². The molecule has 1 saturated heterocycles. The summed E-state index contributed by atoms with van der Waals surface area (Å²) in [5.74, 6) is 1.93. The van der Waals surface area contributed by atoms with E-state index in [0.717, 1.165) is 5.92 Å². The maximum atomic E-state index is 4.80. The van der Waals surface area contributed by atoms with Crippen molar-refractivity contribution in [1.29, 1.82) is 0 Å². The summed E-state index contributed by atoms with van der Waals surface area (Å²) < 4.78 is 0. The van der Waals surface area contributed by atoms with E-state index < -0.39 is 0 Å². The fourth-order valence-corrected chi connectivity index (χ4v) is 3.52. The van der Waals surface area contributed by atoms with Crippen LogP contribution in [0.5, 0.6) is 0 Å². The first-order valence-corrected chi connectivity index (χ1v) is 7.77. The Balaban J connectivity index is 1.76. The van der Waals surface area contributed by atoms with Crippen LogP contribution >= 0.6 is 11.8 Å². The smallest absolute Gasteiger partial charge is 0.157 e. The van der Waals surface area contributed by atoms with Crippen molar-refractivity contribution in [1.82, 2.24) is 10.2 Å². The third-order valence-electron chi connectivity index (χ3n) is 3.50. The molecular formula is C13H25N3S. The monoisotopic (exact) mass is 255 g/mol. The molecule has 1 N–H and O–H groups in total. The van der Waals surface area contributed by atoms with Gasteiger partial charge < -0.3 is 10.2 Å². The van der Waals surface area contributed by atoms with Gasteiger partial charge in [0.15, 0.2) is 5.17 Å². The molecule has 0 aromatic heterocycles. The molecule has 0 amide bonds. The number of nitrogens with zero attached hydrogens (tertiary/aromatic N) is 2. The molecule has 3 nitrogen and oxygen atoms in total. The summed E-state index contributed by atoms with van der Waals surface area (Å²) in [4.78, 5) is 7.20. The van der Waals surface area contributed by atoms with Crippen molar-refractivity contribution < 1.29 is 0 Å². The second-order valence-corrected chi connectivity index (χ2v) is 6.76. The maximum absolute atomic E-state index is 4.80. The quantitative estimate of drug-likeness (QED) is 0.838. The van der Waals surface area contributed by atoms with Crippen LogP contribution in [0.3, 0.4) is 0 Å². The predicted molar refractivity (Wildman–Crippen MR) is 76.8 cm³/mol. The summed E-state index contributed by atoms with van der Waals surface area (Å²) in [6.45, 7) is 6.99. The topological polar surface area (TPSA) is 27.6 Å². The van der Waals surface area contributed by atoms with E-state index >= 15 is 0 Å². The fraction of sp³-hybridized carbons (Fsp3) is 0.923. The highest BCUT2D eigenvalue weighted by atomic mass is 32.2. The summed E-state index contributed by atoms with van der Waals surface area (Å²) in [5, 5.41) is 4.83. The third-order valence-corrected chi connectivity index (χ3v) is 4.55. The van der Waals surface area contributed by atoms with Gasteiger partial charge in [0.05, 0.1) is 6.04 Å². The number of thioether (sulfide) groups is 1. The number of hydrogen-bond donors (Lipinski definition) is 1. The predicted octanol–water partition coefficient (Wildman–Crippen LogP) is 2.19. The number of rotatable bonds is 3. The second-order valence-electron chi connectivity index (χ2n) is 5.75. The molecule has 0 aromatic carbocycles. The minimum atomic E-state index is 0.550. The summed E-state index contributed by atoms with van der Waals surface area (Å²) >= 11 is 1.91. The molecule has 98 valence electrons. The van der Waals surface area contributed by atoms with Gasteiger partial charge in [0.1, 0.15) is 0 Å². The van der Waals surface area contributed by atoms with Crippen molar-refractivity contribution >= 4 is 16.9 Å². The molecule has 2 rings (SSSR count). The fourth-order valence-electron chi connectivity index (χ4n) is 2.49. The van der Waals surface area contributed by atoms with E-state index in [1.807, 2.05) is 11.8 Å². The van der Waals surface area contributed by atoms with Gasteiger partial charge in [-0.1, -0.05) is 25.6 Å². The van der Waals surface area contributed by atoms with Crippen LogP contribution in [0.2, 0.25) is 0 Å². The van der Waals surface area contributed by atoms with Gasteiger partial charge in [-0.05, 0) is 45.3 Å². The average molecular weight is 255 g/mol. The van der Waals surface area contributed by atoms with Gasteiger partial charge in [-0.3, -0.25) is 4.99 Å². The highest BCUT2D eigenvalue weighted by Gasteiger charge is 2.23. The first kappa shape index (κ1) is 13.2. The lowest BCUT2D eigenvalue weighted by Crippen LogP contribution is -2.42. The number of aliphatic imine (C=N–C) groups is 1. The highest BCUT2D eigenvalue weighted by Crippen LogP contribution is 2.23. The van der Waals surface area contributed by atoms with Gasteiger partial charge in [0, 0.05) is 11.8 Å². The van der Waals surface area contributed by atoms with Crippen molar-refractivity contribution in [2.24, 2.45) is 10.9 Å². The number of piperidine rings is 1. The van der Waals surface area contributed by atoms with Gasteiger partial charge in [-0.2, -0.15) is 0 Å². The van der Waals surface area contributed by atoms with Gasteiger partial charge in [-0.25, -0.2) is 0 Å². The molecule has 2 aliphatic heterocycles. The van der Waals surface area contributed by atoms with E-state index in [1.54, 1.807) is 0 Å². The molecule has 0 spiro atoms. The van der Waals surface area contributed by atoms with Crippen molar-refractivity contribution in [3.63, 3.8) is 0 Å². The first-order valence-electron chi connectivity index (χ1n) is 6.79. The first-order chi connectivity index (χ1) is 8.13. The average Bonchev–Trinajstić information content (AvgIpc) is 2.68. The van der Waals surface area contributed by atoms with Crippen LogP contribution in [0.1, 0.15) is 33.1 Å². The second kappa shape index (κ2) is 6.10. The zero-order chi connectivity index (χ0) is 12.3. The van der Waals surface area contributed by atoms with Crippen LogP contribution in [0, 0.1) is 5.92 Å². The van der Waals surface area contributed by atoms with E-state index in [1.165, 1.54) is 43.3 Å². The molecule has 1 atom stereocenters. The molecule has 17 heavy (non-hydrogen) atoms. The molecule has 0 bridgehead atoms. The van der Waals surface area contributed by atoms with Crippen LogP contribution in [0.15, 0.2) is 4.99 Å². The van der Waals surface area contributed by atoms with E-state index in [-0.39, 0.29) is 0 Å². The van der Waals surface area contributed by atoms with Crippen LogP contribution < -0.4 is 5.32 Å². The Morgan fingerprint density at radius 2 is 2.12 bits per heavy atom. The van der Waals surface area contributed by atoms with Gasteiger partial charge in [0.2, 0.25) is 0 Å². The van der Waals surface area contributed by atoms with Gasteiger partial charge in [-0.15, -0.1) is 0 Å². The molecule has 2 heterocycles. The van der Waals surface area contributed by atoms with Crippen LogP contribution in [-0.4, -0.2) is 48.0 Å². The van der Waals surface area contributed by atoms with Crippen LogP contribution in [0.25, 0.3) is 0 Å². The van der Waals surface area contributed by atoms with Gasteiger partial charge >= 0.3 is 0 Å². The maximum Gasteiger partial charge on any atom is 0.157 e. The molecule has 0 saturated carbocycles. The number of amidine groups is 1. The lowest BCUT2D eigenvalue weighted by atomic mass is 10.1. The third kappa shape index (κ3) is 4.18. The molecule has 0 radical (unpaired) electrons. The SMILES string of the molecule is CC(C)CC1CSC(NC2CCN(C)CC2)=N1. The van der Waals surface area contributed by atoms with Crippen molar-refractivity contribution in [2.45, 2.75) is 45.2 Å². The standard InChI is InChI=1S/C13H25N3S/c1-10(2)8-12-9-17-13(15-12)14-11-4-6-16(3)7-5-11/h10-12H,4-9H2,1-3H3,(H,14,15). The van der Waals surface area contributed by atoms with E-state index in [2.05, 4.69) is 31.1 Å². The van der Waals surface area contributed by atoms with Crippen molar-refractivity contribution in [2.75, 3.05) is 25.9 Å². The van der Waals surface area contributed by atoms with Crippen molar-refractivity contribution in [3.05, 3.63) is 0 Å². The minimum Gasteiger partial charge on any atom is -0.362 e. The molecule has 1 fully saturated rings. The van der Waals surface area contributed by atoms with E-state index in [9.17, 15) is 0 Å². The Morgan fingerprint density at radius 1 is 1.41 bits per heavy atom. The molecule has 4 heteroatoms. The molecular weight excluding hydrogens is 230 g/mol. The lowest BCUT2D eigenvalue weighted by molar-refractivity contribution is 0.247. The molecule has 0 aromatic rings. The summed E-state index contributed by atoms with van der Waals surface area (Å²) in [5.41, 5.74) is 0. The Bertz CT molecular complexity index is 270. The molecule has 0 aliphatic carbocycles. The molecule has 1 unspecified atom stereocenters. The highest BCUT2D eigenvalue weighted by molar-refractivity contribution is 8.14. The Hall–Kier alpha value is -0.220.